The largest absolute Gasteiger partial charge is 0.274 e. The number of sulfonamides is 1. The molecule has 0 aromatic heterocycles. The Bertz CT molecular complexity index is 1040. The second kappa shape index (κ2) is 7.20. The Hall–Kier alpha value is -1.85. The summed E-state index contributed by atoms with van der Waals surface area (Å²) in [7, 11) is -4.04. The normalized spacial score (nSPS) is 20.2. The van der Waals surface area contributed by atoms with Gasteiger partial charge in [0.05, 0.1) is 17.0 Å². The molecule has 6 nitrogen and oxygen atoms in total. The predicted molar refractivity (Wildman–Crippen MR) is 109 cm³/mol. The Balaban J connectivity index is 1.69. The van der Waals surface area contributed by atoms with Gasteiger partial charge in [-0.1, -0.05) is 0 Å². The lowest BCUT2D eigenvalue weighted by molar-refractivity contribution is -0.122. The van der Waals surface area contributed by atoms with Crippen molar-refractivity contribution in [3.05, 3.63) is 57.9 Å². The third-order valence-corrected chi connectivity index (χ3v) is 7.51. The van der Waals surface area contributed by atoms with Gasteiger partial charge in [0.1, 0.15) is 11.9 Å². The van der Waals surface area contributed by atoms with Crippen LogP contribution in [-0.2, 0) is 19.6 Å². The molecule has 2 fully saturated rings. The van der Waals surface area contributed by atoms with E-state index in [0.29, 0.717) is 18.5 Å². The first-order chi connectivity index (χ1) is 13.3. The summed E-state index contributed by atoms with van der Waals surface area (Å²) in [6.45, 7) is 0. The summed E-state index contributed by atoms with van der Waals surface area (Å²) in [5, 5.41) is 0. The van der Waals surface area contributed by atoms with Crippen molar-refractivity contribution >= 4 is 50.1 Å². The number of halogens is 2. The molecule has 146 valence electrons. The minimum absolute atomic E-state index is 0.0891. The van der Waals surface area contributed by atoms with Crippen LogP contribution >= 0.6 is 22.6 Å². The van der Waals surface area contributed by atoms with Crippen molar-refractivity contribution in [3.63, 3.8) is 0 Å². The third kappa shape index (κ3) is 3.46. The molecule has 0 N–H and O–H groups in total. The maximum atomic E-state index is 13.2. The number of nitrogens with zero attached hydrogens (tertiary/aromatic N) is 2. The third-order valence-electron chi connectivity index (χ3n) is 4.81. The van der Waals surface area contributed by atoms with E-state index < -0.39 is 33.7 Å². The zero-order valence-electron chi connectivity index (χ0n) is 14.6. The molecule has 2 aromatic carbocycles. The maximum absolute atomic E-state index is 13.2. The fraction of sp³-hybridized carbons (Fsp3) is 0.263. The van der Waals surface area contributed by atoms with Crippen molar-refractivity contribution in [2.75, 3.05) is 4.90 Å². The fourth-order valence-corrected chi connectivity index (χ4v) is 5.54. The number of imide groups is 1. The van der Waals surface area contributed by atoms with E-state index in [1.165, 1.54) is 12.1 Å². The summed E-state index contributed by atoms with van der Waals surface area (Å²) in [4.78, 5) is 26.6. The average Bonchev–Trinajstić information content (AvgIpc) is 3.43. The summed E-state index contributed by atoms with van der Waals surface area (Å²) < 4.78 is 41.7. The minimum atomic E-state index is -4.04. The Morgan fingerprint density at radius 1 is 1.00 bits per heavy atom. The molecule has 1 atom stereocenters. The summed E-state index contributed by atoms with van der Waals surface area (Å²) in [5.41, 5.74) is 0.424. The van der Waals surface area contributed by atoms with Crippen molar-refractivity contribution in [1.29, 1.82) is 0 Å². The van der Waals surface area contributed by atoms with Gasteiger partial charge in [-0.25, -0.2) is 17.7 Å². The molecule has 2 aliphatic rings. The van der Waals surface area contributed by atoms with Gasteiger partial charge in [-0.3, -0.25) is 9.59 Å². The summed E-state index contributed by atoms with van der Waals surface area (Å²) in [6, 6.07) is 9.95. The van der Waals surface area contributed by atoms with Crippen molar-refractivity contribution in [1.82, 2.24) is 4.31 Å². The SMILES string of the molecule is O=C1CC(N(C2CC2)S(=O)(=O)c2ccc(F)cc2)C(=O)N1c1ccc(I)cc1. The monoisotopic (exact) mass is 514 g/mol. The first-order valence-electron chi connectivity index (χ1n) is 8.70. The van der Waals surface area contributed by atoms with Crippen molar-refractivity contribution in [2.24, 2.45) is 0 Å². The van der Waals surface area contributed by atoms with Crippen LogP contribution in [-0.4, -0.2) is 36.6 Å². The Morgan fingerprint density at radius 3 is 2.18 bits per heavy atom. The van der Waals surface area contributed by atoms with Gasteiger partial charge in [-0.05, 0) is 84.0 Å². The van der Waals surface area contributed by atoms with Gasteiger partial charge in [-0.15, -0.1) is 0 Å². The highest BCUT2D eigenvalue weighted by atomic mass is 127. The molecule has 0 spiro atoms. The van der Waals surface area contributed by atoms with E-state index in [0.717, 1.165) is 24.9 Å². The molecule has 2 amide bonds. The van der Waals surface area contributed by atoms with Crippen LogP contribution < -0.4 is 4.90 Å². The second-order valence-corrected chi connectivity index (χ2v) is 9.87. The summed E-state index contributed by atoms with van der Waals surface area (Å²) in [5.74, 6) is -1.53. The van der Waals surface area contributed by atoms with Crippen molar-refractivity contribution < 1.29 is 22.4 Å². The molecule has 4 rings (SSSR count). The van der Waals surface area contributed by atoms with Crippen molar-refractivity contribution in [2.45, 2.75) is 36.2 Å². The molecule has 1 saturated heterocycles. The van der Waals surface area contributed by atoms with E-state index in [-0.39, 0.29) is 17.4 Å². The number of hydrogen-bond donors (Lipinski definition) is 0. The van der Waals surface area contributed by atoms with Gasteiger partial charge in [0.15, 0.2) is 0 Å². The van der Waals surface area contributed by atoms with Crippen LogP contribution in [0.1, 0.15) is 19.3 Å². The van der Waals surface area contributed by atoms with Gasteiger partial charge < -0.3 is 0 Å². The lowest BCUT2D eigenvalue weighted by atomic mass is 10.2. The number of anilines is 1. The van der Waals surface area contributed by atoms with Crippen LogP contribution in [0, 0.1) is 9.39 Å². The first-order valence-corrected chi connectivity index (χ1v) is 11.2. The smallest absolute Gasteiger partial charge is 0.252 e. The van der Waals surface area contributed by atoms with E-state index >= 15 is 0 Å². The first kappa shape index (κ1) is 19.5. The second-order valence-electron chi connectivity index (χ2n) is 6.78. The van der Waals surface area contributed by atoms with E-state index in [1.807, 2.05) is 0 Å². The van der Waals surface area contributed by atoms with Crippen LogP contribution in [0.5, 0.6) is 0 Å². The zero-order chi connectivity index (χ0) is 20.1. The lowest BCUT2D eigenvalue weighted by Gasteiger charge is -2.26. The molecule has 1 aliphatic carbocycles. The number of benzene rings is 2. The Kier molecular flexibility index (Phi) is 5.00. The Labute approximate surface area is 175 Å². The lowest BCUT2D eigenvalue weighted by Crippen LogP contribution is -2.46. The number of carbonyl (C=O) groups excluding carboxylic acids is 2. The topological polar surface area (TPSA) is 74.8 Å². The molecule has 1 saturated carbocycles. The minimum Gasteiger partial charge on any atom is -0.274 e. The highest BCUT2D eigenvalue weighted by molar-refractivity contribution is 14.1. The van der Waals surface area contributed by atoms with Gasteiger partial charge in [0, 0.05) is 9.61 Å². The van der Waals surface area contributed by atoms with E-state index in [9.17, 15) is 22.4 Å². The van der Waals surface area contributed by atoms with Gasteiger partial charge in [0.25, 0.3) is 5.91 Å². The summed E-state index contributed by atoms with van der Waals surface area (Å²) in [6.07, 6.45) is 1.05. The zero-order valence-corrected chi connectivity index (χ0v) is 17.6. The highest BCUT2D eigenvalue weighted by Gasteiger charge is 2.51. The summed E-state index contributed by atoms with van der Waals surface area (Å²) >= 11 is 2.12. The highest BCUT2D eigenvalue weighted by Crippen LogP contribution is 2.38. The predicted octanol–water partition coefficient (Wildman–Crippen LogP) is 2.92. The molecule has 0 radical (unpaired) electrons. The molecule has 0 bridgehead atoms. The molecule has 9 heteroatoms. The number of hydrogen-bond acceptors (Lipinski definition) is 4. The molecule has 1 unspecified atom stereocenters. The molecule has 2 aromatic rings. The number of amides is 2. The van der Waals surface area contributed by atoms with Gasteiger partial charge in [-0.2, -0.15) is 4.31 Å². The van der Waals surface area contributed by atoms with E-state index in [2.05, 4.69) is 22.6 Å². The molecule has 1 heterocycles. The van der Waals surface area contributed by atoms with Crippen LogP contribution in [0.4, 0.5) is 10.1 Å². The van der Waals surface area contributed by atoms with Crippen LogP contribution in [0.2, 0.25) is 0 Å². The number of carbonyl (C=O) groups is 2. The molecular weight excluding hydrogens is 498 g/mol. The molecular formula is C19H16FIN2O4S. The standard InChI is InChI=1S/C19H16FIN2O4S/c20-12-1-9-16(10-2-12)28(26,27)23(15-7-8-15)17-11-18(24)22(19(17)25)14-5-3-13(21)4-6-14/h1-6,9-10,15,17H,7-8,11H2. The van der Waals surface area contributed by atoms with Gasteiger partial charge in [0.2, 0.25) is 15.9 Å². The maximum Gasteiger partial charge on any atom is 0.252 e. The molecule has 28 heavy (non-hydrogen) atoms. The molecule has 1 aliphatic heterocycles. The van der Waals surface area contributed by atoms with Crippen molar-refractivity contribution in [3.8, 4) is 0 Å². The van der Waals surface area contributed by atoms with Crippen LogP contribution in [0.25, 0.3) is 0 Å². The van der Waals surface area contributed by atoms with E-state index in [1.54, 1.807) is 24.3 Å². The van der Waals surface area contributed by atoms with E-state index in [4.69, 9.17) is 0 Å². The van der Waals surface area contributed by atoms with Crippen LogP contribution in [0.15, 0.2) is 53.4 Å². The Morgan fingerprint density at radius 2 is 1.61 bits per heavy atom. The fourth-order valence-electron chi connectivity index (χ4n) is 3.35. The van der Waals surface area contributed by atoms with Crippen LogP contribution in [0.3, 0.4) is 0 Å². The number of rotatable bonds is 5. The quantitative estimate of drug-likeness (QED) is 0.455. The average molecular weight is 514 g/mol. The van der Waals surface area contributed by atoms with Gasteiger partial charge >= 0.3 is 0 Å².